The van der Waals surface area contributed by atoms with Crippen LogP contribution in [0.25, 0.3) is 10.8 Å². The van der Waals surface area contributed by atoms with Gasteiger partial charge in [-0.05, 0) is 64.7 Å². The van der Waals surface area contributed by atoms with Crippen molar-refractivity contribution in [3.63, 3.8) is 0 Å². The molecule has 1 N–H and O–H groups in total. The smallest absolute Gasteiger partial charge is 0.335 e. The van der Waals surface area contributed by atoms with E-state index in [1.165, 1.54) is 6.07 Å². The topological polar surface area (TPSA) is 37.3 Å². The van der Waals surface area contributed by atoms with Crippen LogP contribution in [0.3, 0.4) is 0 Å². The van der Waals surface area contributed by atoms with Gasteiger partial charge < -0.3 is 5.11 Å². The molecule has 2 unspecified atom stereocenters. The summed E-state index contributed by atoms with van der Waals surface area (Å²) >= 11 is 6.18. The molecule has 0 aromatic heterocycles. The lowest BCUT2D eigenvalue weighted by molar-refractivity contribution is 0.0697. The number of benzene rings is 4. The molecule has 0 fully saturated rings. The van der Waals surface area contributed by atoms with E-state index >= 15 is 0 Å². The van der Waals surface area contributed by atoms with E-state index in [1.807, 2.05) is 66.7 Å². The van der Waals surface area contributed by atoms with Crippen LogP contribution in [0.2, 0.25) is 5.02 Å². The predicted molar refractivity (Wildman–Crippen MR) is 128 cm³/mol. The molecule has 2 nitrogen and oxygen atoms in total. The fourth-order valence-electron chi connectivity index (χ4n) is 4.57. The maximum absolute atomic E-state index is 14.6. The summed E-state index contributed by atoms with van der Waals surface area (Å²) in [6.07, 6.45) is 1.85. The summed E-state index contributed by atoms with van der Waals surface area (Å²) in [5, 5.41) is 11.4. The van der Waals surface area contributed by atoms with Gasteiger partial charge in [0.2, 0.25) is 0 Å². The molecule has 0 saturated heterocycles. The van der Waals surface area contributed by atoms with Gasteiger partial charge in [-0.1, -0.05) is 79.5 Å². The van der Waals surface area contributed by atoms with Gasteiger partial charge in [0.25, 0.3) is 0 Å². The molecule has 0 spiro atoms. The molecule has 0 radical (unpaired) electrons. The van der Waals surface area contributed by atoms with Gasteiger partial charge in [-0.25, -0.2) is 9.18 Å². The zero-order valence-electron chi connectivity index (χ0n) is 17.8. The van der Waals surface area contributed by atoms with Crippen LogP contribution in [0.4, 0.5) is 4.39 Å². The fraction of sp³-hybridized carbons (Fsp3) is 0.179. The molecular weight excluding hydrogens is 423 g/mol. The Morgan fingerprint density at radius 1 is 0.875 bits per heavy atom. The summed E-state index contributed by atoms with van der Waals surface area (Å²) in [5.41, 5.74) is 3.46. The molecule has 0 aliphatic heterocycles. The first-order valence-corrected chi connectivity index (χ1v) is 11.1. The highest BCUT2D eigenvalue weighted by Gasteiger charge is 2.28. The van der Waals surface area contributed by atoms with Crippen molar-refractivity contribution < 1.29 is 14.3 Å². The number of hydrogen-bond donors (Lipinski definition) is 1. The third-order valence-corrected chi connectivity index (χ3v) is 6.31. The molecule has 162 valence electrons. The number of rotatable bonds is 7. The molecule has 0 saturated carbocycles. The molecule has 2 atom stereocenters. The van der Waals surface area contributed by atoms with Crippen LogP contribution in [-0.2, 0) is 0 Å². The molecule has 0 amide bonds. The Morgan fingerprint density at radius 3 is 2.12 bits per heavy atom. The Balaban J connectivity index is 1.93. The zero-order valence-corrected chi connectivity index (χ0v) is 18.5. The molecule has 0 heterocycles. The second-order valence-corrected chi connectivity index (χ2v) is 8.47. The highest BCUT2D eigenvalue weighted by molar-refractivity contribution is 6.30. The quantitative estimate of drug-likeness (QED) is 0.312. The SMILES string of the molecule is CCCC(c1ccc(C(=O)O)cc1)C(c1ccc(Cl)cc1)c1ccc(F)c2ccccc12. The summed E-state index contributed by atoms with van der Waals surface area (Å²) in [4.78, 5) is 11.3. The highest BCUT2D eigenvalue weighted by Crippen LogP contribution is 2.44. The molecule has 4 aromatic rings. The monoisotopic (exact) mass is 446 g/mol. The third kappa shape index (κ3) is 4.39. The first kappa shape index (κ1) is 22.0. The van der Waals surface area contributed by atoms with E-state index in [4.69, 9.17) is 11.6 Å². The van der Waals surface area contributed by atoms with Gasteiger partial charge in [0.15, 0.2) is 0 Å². The lowest BCUT2D eigenvalue weighted by Gasteiger charge is -2.30. The van der Waals surface area contributed by atoms with Crippen LogP contribution in [0.5, 0.6) is 0 Å². The molecule has 0 aliphatic carbocycles. The average molecular weight is 447 g/mol. The predicted octanol–water partition coefficient (Wildman–Crippen LogP) is 8.05. The maximum atomic E-state index is 14.6. The van der Waals surface area contributed by atoms with Crippen LogP contribution in [0.1, 0.15) is 58.6 Å². The highest BCUT2D eigenvalue weighted by atomic mass is 35.5. The minimum absolute atomic E-state index is 0.0478. The number of carbonyl (C=O) groups is 1. The molecule has 4 heteroatoms. The van der Waals surface area contributed by atoms with Crippen LogP contribution in [0, 0.1) is 5.82 Å². The average Bonchev–Trinajstić information content (AvgIpc) is 2.81. The maximum Gasteiger partial charge on any atom is 0.335 e. The van der Waals surface area contributed by atoms with Gasteiger partial charge in [0.05, 0.1) is 5.56 Å². The number of halogens is 2. The number of carboxylic acids is 1. The van der Waals surface area contributed by atoms with Gasteiger partial charge in [-0.15, -0.1) is 0 Å². The van der Waals surface area contributed by atoms with Crippen LogP contribution < -0.4 is 0 Å². The van der Waals surface area contributed by atoms with Gasteiger partial charge >= 0.3 is 5.97 Å². The van der Waals surface area contributed by atoms with Gasteiger partial charge in [-0.2, -0.15) is 0 Å². The largest absolute Gasteiger partial charge is 0.478 e. The summed E-state index contributed by atoms with van der Waals surface area (Å²) < 4.78 is 14.6. The van der Waals surface area contributed by atoms with E-state index in [2.05, 4.69) is 6.92 Å². The van der Waals surface area contributed by atoms with Crippen molar-refractivity contribution in [2.75, 3.05) is 0 Å². The summed E-state index contributed by atoms with van der Waals surface area (Å²) in [6.45, 7) is 2.14. The van der Waals surface area contributed by atoms with Crippen molar-refractivity contribution in [1.29, 1.82) is 0 Å². The van der Waals surface area contributed by atoms with Gasteiger partial charge in [-0.3, -0.25) is 0 Å². The zero-order chi connectivity index (χ0) is 22.7. The van der Waals surface area contributed by atoms with Gasteiger partial charge in [0, 0.05) is 16.3 Å². The lowest BCUT2D eigenvalue weighted by atomic mass is 9.74. The van der Waals surface area contributed by atoms with E-state index in [0.717, 1.165) is 34.9 Å². The van der Waals surface area contributed by atoms with E-state index < -0.39 is 5.97 Å². The number of carboxylic acid groups (broad SMARTS) is 1. The molecule has 0 aliphatic rings. The Bertz CT molecular complexity index is 1230. The number of fused-ring (bicyclic) bond motifs is 1. The second kappa shape index (κ2) is 9.54. The Labute approximate surface area is 192 Å². The van der Waals surface area contributed by atoms with Crippen molar-refractivity contribution in [2.24, 2.45) is 0 Å². The minimum atomic E-state index is -0.942. The number of aromatic carboxylic acids is 1. The first-order chi connectivity index (χ1) is 15.5. The van der Waals surface area contributed by atoms with Crippen LogP contribution in [-0.4, -0.2) is 11.1 Å². The molecule has 32 heavy (non-hydrogen) atoms. The van der Waals surface area contributed by atoms with E-state index in [0.29, 0.717) is 10.4 Å². The van der Waals surface area contributed by atoms with Crippen molar-refractivity contribution in [3.8, 4) is 0 Å². The second-order valence-electron chi connectivity index (χ2n) is 8.03. The van der Waals surface area contributed by atoms with Gasteiger partial charge in [0.1, 0.15) is 5.82 Å². The molecule has 4 rings (SSSR count). The molecule has 0 bridgehead atoms. The standard InChI is InChI=1S/C28H24ClFO2/c1-2-5-22(18-8-10-20(11-9-18)28(31)32)27(19-12-14-21(29)15-13-19)25-16-17-26(30)24-7-4-3-6-23(24)25/h3-4,6-17,22,27H,2,5H2,1H3,(H,31,32). The summed E-state index contributed by atoms with van der Waals surface area (Å²) in [5.74, 6) is -1.15. The van der Waals surface area contributed by atoms with Crippen molar-refractivity contribution >= 4 is 28.3 Å². The van der Waals surface area contributed by atoms with Crippen molar-refractivity contribution in [3.05, 3.63) is 118 Å². The minimum Gasteiger partial charge on any atom is -0.478 e. The van der Waals surface area contributed by atoms with E-state index in [1.54, 1.807) is 12.1 Å². The van der Waals surface area contributed by atoms with Crippen molar-refractivity contribution in [2.45, 2.75) is 31.6 Å². The van der Waals surface area contributed by atoms with E-state index in [-0.39, 0.29) is 23.2 Å². The van der Waals surface area contributed by atoms with E-state index in [9.17, 15) is 14.3 Å². The van der Waals surface area contributed by atoms with Crippen molar-refractivity contribution in [1.82, 2.24) is 0 Å². The Kier molecular flexibility index (Phi) is 6.57. The fourth-order valence-corrected chi connectivity index (χ4v) is 4.69. The summed E-state index contributed by atoms with van der Waals surface area (Å²) in [7, 11) is 0. The molecular formula is C28H24ClFO2. The normalized spacial score (nSPS) is 13.1. The third-order valence-electron chi connectivity index (χ3n) is 6.06. The van der Waals surface area contributed by atoms with Crippen LogP contribution >= 0.6 is 11.6 Å². The Morgan fingerprint density at radius 2 is 1.50 bits per heavy atom. The lowest BCUT2D eigenvalue weighted by Crippen LogP contribution is -2.14. The summed E-state index contributed by atoms with van der Waals surface area (Å²) in [6, 6.07) is 25.9. The number of hydrogen-bond acceptors (Lipinski definition) is 1. The van der Waals surface area contributed by atoms with Crippen LogP contribution in [0.15, 0.2) is 84.9 Å². The first-order valence-electron chi connectivity index (χ1n) is 10.8. The molecule has 4 aromatic carbocycles. The Hall–Kier alpha value is -3.17.